The number of hydrogen-bond donors (Lipinski definition) is 3. The van der Waals surface area contributed by atoms with E-state index in [1.807, 2.05) is 0 Å². The van der Waals surface area contributed by atoms with E-state index in [-0.39, 0.29) is 24.8 Å². The molecule has 0 radical (unpaired) electrons. The van der Waals surface area contributed by atoms with E-state index in [2.05, 4.69) is 6.58 Å². The van der Waals surface area contributed by atoms with Gasteiger partial charge in [-0.3, -0.25) is 0 Å². The Balaban J connectivity index is -0.0000000770. The third-order valence-corrected chi connectivity index (χ3v) is 3.13. The molecule has 0 bridgehead atoms. The van der Waals surface area contributed by atoms with Crippen LogP contribution in [0.2, 0.25) is 0 Å². The number of halogens is 2. The van der Waals surface area contributed by atoms with Crippen LogP contribution in [0.15, 0.2) is 12.7 Å². The van der Waals surface area contributed by atoms with Crippen molar-refractivity contribution in [3.8, 4) is 0 Å². The maximum absolute atomic E-state index is 9.25. The maximum atomic E-state index is 9.25. The van der Waals surface area contributed by atoms with Gasteiger partial charge in [-0.15, -0.1) is 24.8 Å². The van der Waals surface area contributed by atoms with Gasteiger partial charge in [-0.05, 0) is 0 Å². The number of carbonyl (C=O) groups is 1. The van der Waals surface area contributed by atoms with Gasteiger partial charge in [0.1, 0.15) is 0 Å². The van der Waals surface area contributed by atoms with Crippen LogP contribution in [0, 0.1) is 0 Å². The van der Waals surface area contributed by atoms with E-state index < -0.39 is 5.97 Å². The molecule has 0 aromatic carbocycles. The highest BCUT2D eigenvalue weighted by Crippen LogP contribution is 2.18. The summed E-state index contributed by atoms with van der Waals surface area (Å²) in [5.41, 5.74) is 10.5. The lowest BCUT2D eigenvalue weighted by atomic mass is 10.7. The van der Waals surface area contributed by atoms with Gasteiger partial charge in [-0.25, -0.2) is 4.79 Å². The van der Waals surface area contributed by atoms with Gasteiger partial charge < -0.3 is 16.6 Å². The quantitative estimate of drug-likeness (QED) is 0.390. The van der Waals surface area contributed by atoms with Crippen molar-refractivity contribution in [3.05, 3.63) is 12.7 Å². The third-order valence-electron chi connectivity index (χ3n) is 0.660. The average Bonchev–Trinajstić information content (AvgIpc) is 2.14. The Hall–Kier alpha value is 0.410. The fraction of sp³-hybridized carbons (Fsp3) is 0.571. The topological polar surface area (TPSA) is 89.3 Å². The molecule has 8 heteroatoms. The van der Waals surface area contributed by atoms with Crippen LogP contribution in [0.1, 0.15) is 0 Å². The summed E-state index contributed by atoms with van der Waals surface area (Å²) in [4.78, 5) is 9.25. The second-order valence-corrected chi connectivity index (χ2v) is 4.47. The smallest absolute Gasteiger partial charge is 0.327 e. The van der Waals surface area contributed by atoms with Crippen molar-refractivity contribution in [1.82, 2.24) is 0 Å². The summed E-state index contributed by atoms with van der Waals surface area (Å²) in [5, 5.41) is 7.60. The summed E-state index contributed by atoms with van der Waals surface area (Å²) < 4.78 is 0. The Morgan fingerprint density at radius 3 is 1.60 bits per heavy atom. The molecule has 0 fully saturated rings. The Bertz CT molecular complexity index is 136. The Labute approximate surface area is 111 Å². The van der Waals surface area contributed by atoms with Crippen molar-refractivity contribution < 1.29 is 9.90 Å². The molecule has 4 nitrogen and oxygen atoms in total. The lowest BCUT2D eigenvalue weighted by molar-refractivity contribution is -0.131. The summed E-state index contributed by atoms with van der Waals surface area (Å²) in [7, 11) is 3.58. The molecule has 0 aliphatic carbocycles. The number of aliphatic carboxylic acids is 1. The molecule has 0 unspecified atom stereocenters. The minimum absolute atomic E-state index is 0. The number of rotatable bonds is 6. The molecule has 0 spiro atoms. The highest BCUT2D eigenvalue weighted by atomic mass is 35.5. The van der Waals surface area contributed by atoms with E-state index >= 15 is 0 Å². The molecular weight excluding hydrogens is 279 g/mol. The molecule has 0 rings (SSSR count). The molecule has 0 atom stereocenters. The van der Waals surface area contributed by atoms with Crippen molar-refractivity contribution in [2.24, 2.45) is 11.5 Å². The average molecular weight is 297 g/mol. The predicted octanol–water partition coefficient (Wildman–Crippen LogP) is 1.39. The molecular formula is C7H18Cl2N2O2S2. The largest absolute Gasteiger partial charge is 0.478 e. The van der Waals surface area contributed by atoms with E-state index in [0.29, 0.717) is 0 Å². The van der Waals surface area contributed by atoms with Crippen LogP contribution < -0.4 is 11.5 Å². The number of carboxylic acids is 1. The zero-order valence-electron chi connectivity index (χ0n) is 8.26. The molecule has 0 saturated heterocycles. The number of nitrogens with two attached hydrogens (primary N) is 2. The first-order chi connectivity index (χ1) is 6.18. The Morgan fingerprint density at radius 1 is 1.20 bits per heavy atom. The van der Waals surface area contributed by atoms with Crippen LogP contribution in [0.25, 0.3) is 0 Å². The minimum atomic E-state index is -0.981. The summed E-state index contributed by atoms with van der Waals surface area (Å²) in [6.45, 7) is 4.49. The molecule has 0 saturated carbocycles. The van der Waals surface area contributed by atoms with Crippen LogP contribution in [-0.4, -0.2) is 35.7 Å². The zero-order chi connectivity index (χ0) is 10.5. The van der Waals surface area contributed by atoms with Gasteiger partial charge >= 0.3 is 5.97 Å². The lowest BCUT2D eigenvalue weighted by Gasteiger charge is -1.93. The van der Waals surface area contributed by atoms with Gasteiger partial charge in [0, 0.05) is 30.7 Å². The fourth-order valence-corrected chi connectivity index (χ4v) is 1.93. The summed E-state index contributed by atoms with van der Waals surface area (Å²) in [6.07, 6.45) is 0.833. The van der Waals surface area contributed by atoms with Crippen LogP contribution in [-0.2, 0) is 4.79 Å². The molecule has 0 aromatic heterocycles. The van der Waals surface area contributed by atoms with Crippen LogP contribution >= 0.6 is 46.4 Å². The van der Waals surface area contributed by atoms with Crippen molar-refractivity contribution in [2.75, 3.05) is 24.6 Å². The van der Waals surface area contributed by atoms with E-state index in [0.717, 1.165) is 30.7 Å². The first-order valence-electron chi connectivity index (χ1n) is 3.69. The normalized spacial score (nSPS) is 7.33. The number of hydrogen-bond acceptors (Lipinski definition) is 5. The Kier molecular flexibility index (Phi) is 39.2. The molecule has 0 aliphatic heterocycles. The summed E-state index contributed by atoms with van der Waals surface area (Å²) in [6, 6.07) is 0. The molecule has 0 aromatic rings. The van der Waals surface area contributed by atoms with Crippen molar-refractivity contribution in [1.29, 1.82) is 0 Å². The first kappa shape index (κ1) is 24.6. The van der Waals surface area contributed by atoms with E-state index in [1.165, 1.54) is 0 Å². The van der Waals surface area contributed by atoms with Gasteiger partial charge in [0.15, 0.2) is 0 Å². The van der Waals surface area contributed by atoms with Gasteiger partial charge in [0.2, 0.25) is 0 Å². The standard InChI is InChI=1S/C4H12N2S2.C3H4O2.2ClH/c5-1-3-7-8-4-2-6;1-2-3(4)5;;/h1-6H2;2H,1H2,(H,4,5);2*1H. The maximum Gasteiger partial charge on any atom is 0.327 e. The summed E-state index contributed by atoms with van der Waals surface area (Å²) >= 11 is 0. The highest BCUT2D eigenvalue weighted by molar-refractivity contribution is 8.76. The van der Waals surface area contributed by atoms with Crippen LogP contribution in [0.4, 0.5) is 0 Å². The molecule has 5 N–H and O–H groups in total. The first-order valence-corrected chi connectivity index (χ1v) is 6.17. The molecule has 0 heterocycles. The van der Waals surface area contributed by atoms with Crippen LogP contribution in [0.3, 0.4) is 0 Å². The summed E-state index contributed by atoms with van der Waals surface area (Å²) in [5.74, 6) is 1.08. The lowest BCUT2D eigenvalue weighted by Crippen LogP contribution is -2.02. The van der Waals surface area contributed by atoms with Crippen molar-refractivity contribution >= 4 is 52.4 Å². The molecule has 0 aliphatic rings. The Morgan fingerprint density at radius 2 is 1.47 bits per heavy atom. The monoisotopic (exact) mass is 296 g/mol. The van der Waals surface area contributed by atoms with Crippen LogP contribution in [0.5, 0.6) is 0 Å². The van der Waals surface area contributed by atoms with Gasteiger partial charge in [0.05, 0.1) is 0 Å². The zero-order valence-corrected chi connectivity index (χ0v) is 11.5. The minimum Gasteiger partial charge on any atom is -0.478 e. The molecule has 15 heavy (non-hydrogen) atoms. The number of carboxylic acid groups (broad SMARTS) is 1. The SMILES string of the molecule is C=CC(=O)O.Cl.Cl.NCCSSCCN. The van der Waals surface area contributed by atoms with Gasteiger partial charge in [0.25, 0.3) is 0 Å². The molecule has 94 valence electrons. The van der Waals surface area contributed by atoms with E-state index in [9.17, 15) is 4.79 Å². The van der Waals surface area contributed by atoms with E-state index in [4.69, 9.17) is 16.6 Å². The van der Waals surface area contributed by atoms with Crippen molar-refractivity contribution in [3.63, 3.8) is 0 Å². The van der Waals surface area contributed by atoms with Gasteiger partial charge in [-0.2, -0.15) is 0 Å². The highest BCUT2D eigenvalue weighted by Gasteiger charge is 1.84. The second kappa shape index (κ2) is 23.9. The van der Waals surface area contributed by atoms with E-state index in [1.54, 1.807) is 21.6 Å². The second-order valence-electron chi connectivity index (χ2n) is 1.76. The fourth-order valence-electron chi connectivity index (χ4n) is 0.214. The van der Waals surface area contributed by atoms with Crippen molar-refractivity contribution in [2.45, 2.75) is 0 Å². The predicted molar refractivity (Wildman–Crippen MR) is 75.4 cm³/mol. The van der Waals surface area contributed by atoms with Gasteiger partial charge in [-0.1, -0.05) is 28.2 Å². The third kappa shape index (κ3) is 40.4. The molecule has 0 amide bonds.